The molecule has 0 atom stereocenters. The van der Waals surface area contributed by atoms with Crippen LogP contribution < -0.4 is 11.1 Å². The highest BCUT2D eigenvalue weighted by atomic mass is 16.5. The molecule has 0 heterocycles. The molecule has 0 aromatic heterocycles. The molecule has 0 amide bonds. The van der Waals surface area contributed by atoms with Gasteiger partial charge in [0.25, 0.3) is 0 Å². The Morgan fingerprint density at radius 1 is 1.40 bits per heavy atom. The Morgan fingerprint density at radius 2 is 2.05 bits per heavy atom. The second-order valence-electron chi connectivity index (χ2n) is 5.59. The van der Waals surface area contributed by atoms with Crippen molar-refractivity contribution in [2.45, 2.75) is 26.3 Å². The van der Waals surface area contributed by atoms with Crippen molar-refractivity contribution in [3.63, 3.8) is 0 Å². The van der Waals surface area contributed by atoms with Gasteiger partial charge in [-0.05, 0) is 53.1 Å². The molecule has 1 aromatic rings. The summed E-state index contributed by atoms with van der Waals surface area (Å²) < 4.78 is 5.06. The number of carbonyl (C=O) groups excluding carboxylic acids is 1. The lowest BCUT2D eigenvalue weighted by Crippen LogP contribution is -2.44. The zero-order chi connectivity index (χ0) is 15.3. The van der Waals surface area contributed by atoms with Gasteiger partial charge in [-0.1, -0.05) is 0 Å². The highest BCUT2D eigenvalue weighted by molar-refractivity contribution is 5.96. The fraction of sp³-hybridized carbons (Fsp3) is 0.533. The van der Waals surface area contributed by atoms with E-state index < -0.39 is 0 Å². The van der Waals surface area contributed by atoms with Crippen LogP contribution in [0.1, 0.15) is 31.1 Å². The van der Waals surface area contributed by atoms with Gasteiger partial charge in [-0.25, -0.2) is 4.79 Å². The number of hydrogen-bond acceptors (Lipinski definition) is 5. The average Bonchev–Trinajstić information content (AvgIpc) is 2.37. The topological polar surface area (TPSA) is 67.6 Å². The highest BCUT2D eigenvalue weighted by Gasteiger charge is 2.21. The molecule has 1 rings (SSSR count). The predicted molar refractivity (Wildman–Crippen MR) is 83.1 cm³/mol. The van der Waals surface area contributed by atoms with Crippen LogP contribution >= 0.6 is 0 Å². The lowest BCUT2D eigenvalue weighted by atomic mass is 10.0. The summed E-state index contributed by atoms with van der Waals surface area (Å²) in [4.78, 5) is 14.1. The fourth-order valence-electron chi connectivity index (χ4n) is 1.56. The maximum absolute atomic E-state index is 11.9. The molecule has 0 saturated heterocycles. The SMILES string of the molecule is CCOC(=O)c1cc(N)ccc1NCC(C)(C)N(C)C. The third kappa shape index (κ3) is 4.13. The first kappa shape index (κ1) is 16.3. The predicted octanol–water partition coefficient (Wildman–Crippen LogP) is 2.20. The smallest absolute Gasteiger partial charge is 0.340 e. The standard InChI is InChI=1S/C15H25N3O2/c1-6-20-14(19)12-9-11(16)7-8-13(12)17-10-15(2,3)18(4)5/h7-9,17H,6,10,16H2,1-5H3. The number of nitrogens with one attached hydrogen (secondary N) is 1. The van der Waals surface area contributed by atoms with E-state index in [9.17, 15) is 4.79 Å². The van der Waals surface area contributed by atoms with E-state index in [0.29, 0.717) is 24.4 Å². The first-order chi connectivity index (χ1) is 9.27. The summed E-state index contributed by atoms with van der Waals surface area (Å²) in [5.74, 6) is -0.357. The Labute approximate surface area is 121 Å². The first-order valence-electron chi connectivity index (χ1n) is 6.76. The van der Waals surface area contributed by atoms with Crippen LogP contribution in [0.2, 0.25) is 0 Å². The molecule has 0 aliphatic heterocycles. The van der Waals surface area contributed by atoms with Crippen molar-refractivity contribution in [1.82, 2.24) is 4.90 Å². The highest BCUT2D eigenvalue weighted by Crippen LogP contribution is 2.21. The number of nitrogen functional groups attached to an aromatic ring is 1. The van der Waals surface area contributed by atoms with Crippen LogP contribution in [-0.2, 0) is 4.74 Å². The van der Waals surface area contributed by atoms with Crippen molar-refractivity contribution in [2.24, 2.45) is 0 Å². The number of benzene rings is 1. The molecule has 20 heavy (non-hydrogen) atoms. The van der Waals surface area contributed by atoms with Crippen molar-refractivity contribution >= 4 is 17.3 Å². The zero-order valence-electron chi connectivity index (χ0n) is 13.0. The third-order valence-corrected chi connectivity index (χ3v) is 3.46. The normalized spacial score (nSPS) is 11.5. The summed E-state index contributed by atoms with van der Waals surface area (Å²) in [6.45, 7) is 7.09. The number of nitrogens with two attached hydrogens (primary N) is 1. The van der Waals surface area contributed by atoms with E-state index in [0.717, 1.165) is 5.69 Å². The molecule has 3 N–H and O–H groups in total. The van der Waals surface area contributed by atoms with Gasteiger partial charge in [-0.3, -0.25) is 0 Å². The van der Waals surface area contributed by atoms with Crippen molar-refractivity contribution in [1.29, 1.82) is 0 Å². The molecule has 0 spiro atoms. The minimum absolute atomic E-state index is 0.0344. The number of hydrogen-bond donors (Lipinski definition) is 2. The Bertz CT molecular complexity index is 470. The van der Waals surface area contributed by atoms with E-state index >= 15 is 0 Å². The van der Waals surface area contributed by atoms with Crippen LogP contribution in [0.5, 0.6) is 0 Å². The zero-order valence-corrected chi connectivity index (χ0v) is 13.0. The Balaban J connectivity index is 2.92. The summed E-state index contributed by atoms with van der Waals surface area (Å²) in [7, 11) is 4.05. The van der Waals surface area contributed by atoms with Gasteiger partial charge in [0, 0.05) is 23.5 Å². The summed E-state index contributed by atoms with van der Waals surface area (Å²) in [5.41, 5.74) is 7.48. The van der Waals surface area contributed by atoms with Gasteiger partial charge in [0.1, 0.15) is 0 Å². The number of esters is 1. The van der Waals surface area contributed by atoms with Crippen LogP contribution in [0.15, 0.2) is 18.2 Å². The van der Waals surface area contributed by atoms with Crippen LogP contribution in [0.4, 0.5) is 11.4 Å². The van der Waals surface area contributed by atoms with Crippen molar-refractivity contribution in [3.8, 4) is 0 Å². The molecule has 1 aromatic carbocycles. The van der Waals surface area contributed by atoms with E-state index in [4.69, 9.17) is 10.5 Å². The van der Waals surface area contributed by atoms with Crippen LogP contribution in [0, 0.1) is 0 Å². The summed E-state index contributed by atoms with van der Waals surface area (Å²) in [5, 5.41) is 3.30. The molecule has 112 valence electrons. The minimum atomic E-state index is -0.357. The second-order valence-corrected chi connectivity index (χ2v) is 5.59. The minimum Gasteiger partial charge on any atom is -0.462 e. The van der Waals surface area contributed by atoms with Crippen molar-refractivity contribution < 1.29 is 9.53 Å². The Kier molecular flexibility index (Phi) is 5.39. The lowest BCUT2D eigenvalue weighted by molar-refractivity contribution is 0.0527. The molecule has 0 bridgehead atoms. The van der Waals surface area contributed by atoms with Crippen LogP contribution in [0.25, 0.3) is 0 Å². The maximum atomic E-state index is 11.9. The van der Waals surface area contributed by atoms with Gasteiger partial charge in [-0.15, -0.1) is 0 Å². The summed E-state index contributed by atoms with van der Waals surface area (Å²) in [6.07, 6.45) is 0. The second kappa shape index (κ2) is 6.61. The van der Waals surface area contributed by atoms with E-state index in [1.165, 1.54) is 0 Å². The van der Waals surface area contributed by atoms with Gasteiger partial charge in [0.15, 0.2) is 0 Å². The van der Waals surface area contributed by atoms with E-state index in [-0.39, 0.29) is 11.5 Å². The molecule has 5 nitrogen and oxygen atoms in total. The number of carbonyl (C=O) groups is 1. The van der Waals surface area contributed by atoms with Gasteiger partial charge in [0.2, 0.25) is 0 Å². The molecular weight excluding hydrogens is 254 g/mol. The molecular formula is C15H25N3O2. The van der Waals surface area contributed by atoms with Crippen molar-refractivity contribution in [2.75, 3.05) is 38.3 Å². The third-order valence-electron chi connectivity index (χ3n) is 3.46. The number of likely N-dealkylation sites (N-methyl/N-ethyl adjacent to an activating group) is 1. The molecule has 0 radical (unpaired) electrons. The molecule has 0 unspecified atom stereocenters. The quantitative estimate of drug-likeness (QED) is 0.617. The van der Waals surface area contributed by atoms with Crippen LogP contribution in [0.3, 0.4) is 0 Å². The number of ether oxygens (including phenoxy) is 1. The van der Waals surface area contributed by atoms with E-state index in [1.54, 1.807) is 19.1 Å². The first-order valence-corrected chi connectivity index (χ1v) is 6.76. The number of anilines is 2. The van der Waals surface area contributed by atoms with Gasteiger partial charge >= 0.3 is 5.97 Å². The van der Waals surface area contributed by atoms with E-state index in [1.807, 2.05) is 20.2 Å². The Morgan fingerprint density at radius 3 is 2.60 bits per heavy atom. The van der Waals surface area contributed by atoms with Crippen molar-refractivity contribution in [3.05, 3.63) is 23.8 Å². The lowest BCUT2D eigenvalue weighted by Gasteiger charge is -2.33. The number of nitrogens with zero attached hydrogens (tertiary/aromatic N) is 1. The molecule has 0 saturated carbocycles. The monoisotopic (exact) mass is 279 g/mol. The average molecular weight is 279 g/mol. The maximum Gasteiger partial charge on any atom is 0.340 e. The molecule has 0 aliphatic rings. The molecule has 5 heteroatoms. The number of rotatable bonds is 6. The van der Waals surface area contributed by atoms with E-state index in [2.05, 4.69) is 24.1 Å². The van der Waals surface area contributed by atoms with Crippen LogP contribution in [-0.4, -0.2) is 43.7 Å². The van der Waals surface area contributed by atoms with Gasteiger partial charge in [0.05, 0.1) is 12.2 Å². The summed E-state index contributed by atoms with van der Waals surface area (Å²) in [6, 6.07) is 5.23. The molecule has 0 fully saturated rings. The Hall–Kier alpha value is -1.75. The summed E-state index contributed by atoms with van der Waals surface area (Å²) >= 11 is 0. The van der Waals surface area contributed by atoms with Gasteiger partial charge < -0.3 is 20.7 Å². The fourth-order valence-corrected chi connectivity index (χ4v) is 1.56. The molecule has 0 aliphatic carbocycles. The van der Waals surface area contributed by atoms with Gasteiger partial charge in [-0.2, -0.15) is 0 Å². The largest absolute Gasteiger partial charge is 0.462 e.